The lowest BCUT2D eigenvalue weighted by Gasteiger charge is -2.05. The maximum absolute atomic E-state index is 11.8. The molecule has 0 amide bonds. The van der Waals surface area contributed by atoms with Crippen molar-refractivity contribution < 1.29 is 0 Å². The molecule has 0 aromatic carbocycles. The molecule has 5 nitrogen and oxygen atoms in total. The molecule has 0 fully saturated rings. The zero-order chi connectivity index (χ0) is 13.8. The van der Waals surface area contributed by atoms with Crippen LogP contribution in [-0.4, -0.2) is 14.1 Å². The Morgan fingerprint density at radius 2 is 2.21 bits per heavy atom. The summed E-state index contributed by atoms with van der Waals surface area (Å²) in [4.78, 5) is 27.7. The maximum Gasteiger partial charge on any atom is 0.330 e. The van der Waals surface area contributed by atoms with E-state index < -0.39 is 0 Å². The van der Waals surface area contributed by atoms with Crippen LogP contribution in [-0.2, 0) is 25.9 Å². The molecule has 2 heterocycles. The first-order valence-electron chi connectivity index (χ1n) is 5.87. The monoisotopic (exact) mass is 299 g/mol. The van der Waals surface area contributed by atoms with E-state index in [4.69, 9.17) is 11.6 Å². The van der Waals surface area contributed by atoms with Crippen molar-refractivity contribution in [3.8, 4) is 0 Å². The molecule has 2 rings (SSSR count). The Hall–Kier alpha value is -1.40. The molecular formula is C12H14ClN3O2S. The van der Waals surface area contributed by atoms with Gasteiger partial charge in [-0.15, -0.1) is 22.9 Å². The molecular weight excluding hydrogens is 286 g/mol. The molecule has 0 bridgehead atoms. The molecule has 0 aliphatic rings. The number of aryl methyl sites for hydroxylation is 2. The van der Waals surface area contributed by atoms with Crippen molar-refractivity contribution >= 4 is 22.9 Å². The van der Waals surface area contributed by atoms with Crippen LogP contribution in [0.4, 0.5) is 0 Å². The topological polar surface area (TPSA) is 56.9 Å². The molecule has 0 aliphatic carbocycles. The average molecular weight is 300 g/mol. The minimum atomic E-state index is -0.284. The number of halogens is 1. The number of rotatable bonds is 5. The van der Waals surface area contributed by atoms with Crippen molar-refractivity contribution in [1.29, 1.82) is 0 Å². The number of nitrogens with zero attached hydrogens (tertiary/aromatic N) is 3. The number of aromatic nitrogens is 3. The van der Waals surface area contributed by atoms with Gasteiger partial charge in [0, 0.05) is 37.7 Å². The number of hydrogen-bond acceptors (Lipinski definition) is 4. The molecule has 0 radical (unpaired) electrons. The summed E-state index contributed by atoms with van der Waals surface area (Å²) in [6.45, 7) is 0.405. The van der Waals surface area contributed by atoms with Crippen molar-refractivity contribution in [2.45, 2.75) is 25.3 Å². The quantitative estimate of drug-likeness (QED) is 0.784. The summed E-state index contributed by atoms with van der Waals surface area (Å²) >= 11 is 7.24. The van der Waals surface area contributed by atoms with Gasteiger partial charge in [-0.3, -0.25) is 9.36 Å². The Morgan fingerprint density at radius 1 is 1.42 bits per heavy atom. The zero-order valence-electron chi connectivity index (χ0n) is 10.5. The van der Waals surface area contributed by atoms with Gasteiger partial charge in [-0.05, 0) is 6.42 Å². The van der Waals surface area contributed by atoms with Crippen LogP contribution in [0, 0.1) is 0 Å². The molecule has 0 aliphatic heterocycles. The van der Waals surface area contributed by atoms with E-state index in [0.717, 1.165) is 17.1 Å². The van der Waals surface area contributed by atoms with Crippen molar-refractivity contribution in [1.82, 2.24) is 14.1 Å². The highest BCUT2D eigenvalue weighted by Crippen LogP contribution is 2.13. The minimum absolute atomic E-state index is 0.260. The van der Waals surface area contributed by atoms with Gasteiger partial charge >= 0.3 is 5.69 Å². The van der Waals surface area contributed by atoms with E-state index in [1.54, 1.807) is 18.4 Å². The Labute approximate surface area is 119 Å². The average Bonchev–Trinajstić information content (AvgIpc) is 2.86. The van der Waals surface area contributed by atoms with Crippen LogP contribution in [0.3, 0.4) is 0 Å². The highest BCUT2D eigenvalue weighted by atomic mass is 35.5. The van der Waals surface area contributed by atoms with Crippen molar-refractivity contribution in [3.63, 3.8) is 0 Å². The first kappa shape index (κ1) is 14.0. The van der Waals surface area contributed by atoms with E-state index in [2.05, 4.69) is 4.98 Å². The van der Waals surface area contributed by atoms with Gasteiger partial charge in [0.05, 0.1) is 16.6 Å². The lowest BCUT2D eigenvalue weighted by molar-refractivity contribution is 0.562. The first-order valence-corrected chi connectivity index (χ1v) is 7.29. The predicted octanol–water partition coefficient (Wildman–Crippen LogP) is 1.38. The summed E-state index contributed by atoms with van der Waals surface area (Å²) in [5, 5.41) is 2.91. The molecule has 0 unspecified atom stereocenters. The highest BCUT2D eigenvalue weighted by Gasteiger charge is 2.05. The van der Waals surface area contributed by atoms with Gasteiger partial charge in [0.15, 0.2) is 0 Å². The van der Waals surface area contributed by atoms with Crippen molar-refractivity contribution in [2.75, 3.05) is 0 Å². The molecule has 2 aromatic rings. The second kappa shape index (κ2) is 6.16. The fraction of sp³-hybridized carbons (Fsp3) is 0.417. The third-order valence-electron chi connectivity index (χ3n) is 2.75. The highest BCUT2D eigenvalue weighted by molar-refractivity contribution is 7.09. The van der Waals surface area contributed by atoms with Gasteiger partial charge in [-0.25, -0.2) is 9.78 Å². The van der Waals surface area contributed by atoms with E-state index in [1.807, 2.05) is 5.38 Å². The Morgan fingerprint density at radius 3 is 2.89 bits per heavy atom. The summed E-state index contributed by atoms with van der Waals surface area (Å²) < 4.78 is 2.65. The maximum atomic E-state index is 11.8. The zero-order valence-corrected chi connectivity index (χ0v) is 12.1. The van der Waals surface area contributed by atoms with Crippen LogP contribution in [0.2, 0.25) is 0 Å². The van der Waals surface area contributed by atoms with Crippen LogP contribution < -0.4 is 11.2 Å². The molecule has 0 saturated heterocycles. The van der Waals surface area contributed by atoms with E-state index in [9.17, 15) is 9.59 Å². The van der Waals surface area contributed by atoms with E-state index in [0.29, 0.717) is 18.8 Å². The second-order valence-electron chi connectivity index (χ2n) is 4.17. The van der Waals surface area contributed by atoms with Gasteiger partial charge in [0.1, 0.15) is 0 Å². The second-order valence-corrected chi connectivity index (χ2v) is 5.38. The minimum Gasteiger partial charge on any atom is -0.303 e. The lowest BCUT2D eigenvalue weighted by Crippen LogP contribution is -2.37. The summed E-state index contributed by atoms with van der Waals surface area (Å²) in [6.07, 6.45) is 2.93. The fourth-order valence-corrected chi connectivity index (χ4v) is 2.80. The Balaban J connectivity index is 2.02. The predicted molar refractivity (Wildman–Crippen MR) is 75.9 cm³/mol. The van der Waals surface area contributed by atoms with Crippen LogP contribution in [0.1, 0.15) is 17.1 Å². The van der Waals surface area contributed by atoms with Gasteiger partial charge < -0.3 is 4.57 Å². The molecule has 2 aromatic heterocycles. The lowest BCUT2D eigenvalue weighted by atomic mass is 10.3. The Bertz CT molecular complexity index is 674. The smallest absolute Gasteiger partial charge is 0.303 e. The fourth-order valence-electron chi connectivity index (χ4n) is 1.73. The molecule has 102 valence electrons. The standard InChI is InChI=1S/C12H14ClN3O2S/c1-15-6-4-11(17)16(12(15)18)5-2-3-10-14-9(7-13)8-19-10/h4,6,8H,2-3,5,7H2,1H3. The molecule has 0 atom stereocenters. The number of hydrogen-bond donors (Lipinski definition) is 0. The van der Waals surface area contributed by atoms with Gasteiger partial charge in [0.25, 0.3) is 5.56 Å². The molecule has 0 N–H and O–H groups in total. The third kappa shape index (κ3) is 3.33. The summed E-state index contributed by atoms with van der Waals surface area (Å²) in [5.74, 6) is 0.412. The van der Waals surface area contributed by atoms with E-state index in [1.165, 1.54) is 21.4 Å². The molecule has 19 heavy (non-hydrogen) atoms. The van der Waals surface area contributed by atoms with Gasteiger partial charge in [-0.2, -0.15) is 0 Å². The van der Waals surface area contributed by atoms with Crippen LogP contribution in [0.5, 0.6) is 0 Å². The van der Waals surface area contributed by atoms with Gasteiger partial charge in [0.2, 0.25) is 0 Å². The number of thiazole rings is 1. The van der Waals surface area contributed by atoms with Gasteiger partial charge in [-0.1, -0.05) is 0 Å². The molecule has 0 spiro atoms. The van der Waals surface area contributed by atoms with Crippen LogP contribution >= 0.6 is 22.9 Å². The van der Waals surface area contributed by atoms with E-state index in [-0.39, 0.29) is 11.2 Å². The summed E-state index contributed by atoms with van der Waals surface area (Å²) in [7, 11) is 1.63. The summed E-state index contributed by atoms with van der Waals surface area (Å²) in [5.41, 5.74) is 0.325. The van der Waals surface area contributed by atoms with E-state index >= 15 is 0 Å². The van der Waals surface area contributed by atoms with Crippen molar-refractivity contribution in [2.24, 2.45) is 7.05 Å². The largest absolute Gasteiger partial charge is 0.330 e. The number of alkyl halides is 1. The SMILES string of the molecule is Cn1ccc(=O)n(CCCc2nc(CCl)cs2)c1=O. The Kier molecular flexibility index (Phi) is 4.55. The third-order valence-corrected chi connectivity index (χ3v) is 3.98. The normalized spacial score (nSPS) is 10.8. The first-order chi connectivity index (χ1) is 9.11. The van der Waals surface area contributed by atoms with Crippen molar-refractivity contribution in [3.05, 3.63) is 49.2 Å². The van der Waals surface area contributed by atoms with Crippen LogP contribution in [0.25, 0.3) is 0 Å². The van der Waals surface area contributed by atoms with Crippen LogP contribution in [0.15, 0.2) is 27.2 Å². The molecule has 7 heteroatoms. The molecule has 0 saturated carbocycles. The summed E-state index contributed by atoms with van der Waals surface area (Å²) in [6, 6.07) is 1.40.